The summed E-state index contributed by atoms with van der Waals surface area (Å²) in [6, 6.07) is 11.1. The SMILES string of the molecule is COc1ccc(C2CC(=O)c3c(ccc(CC=C(C)C)c3O)O2)cc1. The maximum Gasteiger partial charge on any atom is 0.174 e. The van der Waals surface area contributed by atoms with Crippen LogP contribution < -0.4 is 9.47 Å². The Morgan fingerprint density at radius 1 is 1.24 bits per heavy atom. The Hall–Kier alpha value is -2.75. The van der Waals surface area contributed by atoms with E-state index >= 15 is 0 Å². The van der Waals surface area contributed by atoms with Gasteiger partial charge in [-0.05, 0) is 49.6 Å². The van der Waals surface area contributed by atoms with Crippen LogP contribution in [0.3, 0.4) is 0 Å². The molecule has 1 unspecified atom stereocenters. The number of benzene rings is 2. The average Bonchev–Trinajstić information content (AvgIpc) is 2.60. The highest BCUT2D eigenvalue weighted by Gasteiger charge is 2.31. The summed E-state index contributed by atoms with van der Waals surface area (Å²) in [4.78, 5) is 12.6. The van der Waals surface area contributed by atoms with Crippen LogP contribution in [0.5, 0.6) is 17.2 Å². The molecule has 0 fully saturated rings. The van der Waals surface area contributed by atoms with E-state index in [2.05, 4.69) is 0 Å². The van der Waals surface area contributed by atoms with Crippen molar-refractivity contribution >= 4 is 5.78 Å². The minimum Gasteiger partial charge on any atom is -0.507 e. The molecule has 0 saturated heterocycles. The monoisotopic (exact) mass is 338 g/mol. The number of rotatable bonds is 4. The highest BCUT2D eigenvalue weighted by Crippen LogP contribution is 2.41. The molecule has 1 aliphatic rings. The van der Waals surface area contributed by atoms with Crippen molar-refractivity contribution in [3.05, 3.63) is 64.7 Å². The third-order valence-corrected chi connectivity index (χ3v) is 4.36. The second-order valence-corrected chi connectivity index (χ2v) is 6.44. The van der Waals surface area contributed by atoms with E-state index in [-0.39, 0.29) is 24.1 Å². The van der Waals surface area contributed by atoms with Crippen molar-refractivity contribution in [3.8, 4) is 17.2 Å². The number of hydrogen-bond donors (Lipinski definition) is 1. The van der Waals surface area contributed by atoms with Gasteiger partial charge in [0, 0.05) is 0 Å². The summed E-state index contributed by atoms with van der Waals surface area (Å²) in [7, 11) is 1.61. The summed E-state index contributed by atoms with van der Waals surface area (Å²) in [5.74, 6) is 1.13. The van der Waals surface area contributed by atoms with Gasteiger partial charge in [0.2, 0.25) is 0 Å². The molecule has 1 atom stereocenters. The number of carbonyl (C=O) groups excluding carboxylic acids is 1. The van der Waals surface area contributed by atoms with Crippen molar-refractivity contribution in [1.29, 1.82) is 0 Å². The first kappa shape index (κ1) is 17.1. The fourth-order valence-corrected chi connectivity index (χ4v) is 2.93. The number of carbonyl (C=O) groups is 1. The number of fused-ring (bicyclic) bond motifs is 1. The summed E-state index contributed by atoms with van der Waals surface area (Å²) >= 11 is 0. The molecule has 3 rings (SSSR count). The van der Waals surface area contributed by atoms with E-state index in [9.17, 15) is 9.90 Å². The van der Waals surface area contributed by atoms with Crippen molar-refractivity contribution in [1.82, 2.24) is 0 Å². The molecule has 0 radical (unpaired) electrons. The number of allylic oxidation sites excluding steroid dienone is 2. The predicted molar refractivity (Wildman–Crippen MR) is 96.6 cm³/mol. The molecule has 0 spiro atoms. The number of methoxy groups -OCH3 is 1. The molecule has 2 aromatic rings. The quantitative estimate of drug-likeness (QED) is 0.827. The standard InChI is InChI=1S/C21H22O4/c1-13(2)4-5-15-8-11-18-20(21(15)23)17(22)12-19(25-18)14-6-9-16(24-3)10-7-14/h4,6-11,19,23H,5,12H2,1-3H3. The third kappa shape index (κ3) is 3.53. The van der Waals surface area contributed by atoms with E-state index < -0.39 is 0 Å². The van der Waals surface area contributed by atoms with Crippen LogP contribution in [0.15, 0.2) is 48.0 Å². The average molecular weight is 338 g/mol. The maximum absolute atomic E-state index is 12.6. The summed E-state index contributed by atoms with van der Waals surface area (Å²) in [5.41, 5.74) is 3.11. The Labute approximate surface area is 147 Å². The smallest absolute Gasteiger partial charge is 0.174 e. The molecule has 25 heavy (non-hydrogen) atoms. The Balaban J connectivity index is 1.89. The molecule has 1 heterocycles. The lowest BCUT2D eigenvalue weighted by atomic mass is 9.93. The molecular formula is C21H22O4. The lowest BCUT2D eigenvalue weighted by Crippen LogP contribution is -2.20. The summed E-state index contributed by atoms with van der Waals surface area (Å²) in [6.07, 6.45) is 2.47. The van der Waals surface area contributed by atoms with Crippen LogP contribution in [0.2, 0.25) is 0 Å². The summed E-state index contributed by atoms with van der Waals surface area (Å²) in [6.45, 7) is 4.01. The second-order valence-electron chi connectivity index (χ2n) is 6.44. The lowest BCUT2D eigenvalue weighted by Gasteiger charge is -2.26. The van der Waals surface area contributed by atoms with Crippen LogP contribution in [0.25, 0.3) is 0 Å². The molecule has 0 aliphatic carbocycles. The highest BCUT2D eigenvalue weighted by atomic mass is 16.5. The Bertz CT molecular complexity index is 815. The molecule has 0 bridgehead atoms. The van der Waals surface area contributed by atoms with Crippen molar-refractivity contribution < 1.29 is 19.4 Å². The van der Waals surface area contributed by atoms with E-state index in [0.717, 1.165) is 16.9 Å². The van der Waals surface area contributed by atoms with E-state index in [1.54, 1.807) is 13.2 Å². The highest BCUT2D eigenvalue weighted by molar-refractivity contribution is 6.02. The molecular weight excluding hydrogens is 316 g/mol. The van der Waals surface area contributed by atoms with Gasteiger partial charge in [0.05, 0.1) is 13.5 Å². The fourth-order valence-electron chi connectivity index (χ4n) is 2.93. The normalized spacial score (nSPS) is 16.0. The van der Waals surface area contributed by atoms with Gasteiger partial charge >= 0.3 is 0 Å². The van der Waals surface area contributed by atoms with E-state index in [0.29, 0.717) is 17.7 Å². The number of ketones is 1. The predicted octanol–water partition coefficient (Wildman–Crippen LogP) is 4.62. The van der Waals surface area contributed by atoms with Gasteiger partial charge < -0.3 is 14.6 Å². The summed E-state index contributed by atoms with van der Waals surface area (Å²) in [5, 5.41) is 10.5. The lowest BCUT2D eigenvalue weighted by molar-refractivity contribution is 0.0845. The zero-order valence-corrected chi connectivity index (χ0v) is 14.7. The molecule has 1 aliphatic heterocycles. The van der Waals surface area contributed by atoms with Gasteiger partial charge in [-0.15, -0.1) is 0 Å². The van der Waals surface area contributed by atoms with Gasteiger partial charge in [-0.25, -0.2) is 0 Å². The van der Waals surface area contributed by atoms with Crippen LogP contribution in [0.1, 0.15) is 47.9 Å². The first-order valence-corrected chi connectivity index (χ1v) is 8.31. The molecule has 130 valence electrons. The number of hydrogen-bond acceptors (Lipinski definition) is 4. The first-order valence-electron chi connectivity index (χ1n) is 8.31. The molecule has 1 N–H and O–H groups in total. The van der Waals surface area contributed by atoms with Crippen LogP contribution >= 0.6 is 0 Å². The van der Waals surface area contributed by atoms with Crippen molar-refractivity contribution in [3.63, 3.8) is 0 Å². The Morgan fingerprint density at radius 3 is 2.60 bits per heavy atom. The topological polar surface area (TPSA) is 55.8 Å². The van der Waals surface area contributed by atoms with E-state index in [1.165, 1.54) is 5.57 Å². The zero-order valence-electron chi connectivity index (χ0n) is 14.7. The van der Waals surface area contributed by atoms with Gasteiger partial charge in [-0.1, -0.05) is 29.8 Å². The molecule has 4 heteroatoms. The van der Waals surface area contributed by atoms with Crippen LogP contribution in [-0.4, -0.2) is 18.0 Å². The fraction of sp³-hybridized carbons (Fsp3) is 0.286. The number of phenols is 1. The number of ether oxygens (including phenoxy) is 2. The maximum atomic E-state index is 12.6. The largest absolute Gasteiger partial charge is 0.507 e. The van der Waals surface area contributed by atoms with E-state index in [1.807, 2.05) is 50.3 Å². The van der Waals surface area contributed by atoms with Gasteiger partial charge in [0.25, 0.3) is 0 Å². The number of aromatic hydroxyl groups is 1. The molecule has 4 nitrogen and oxygen atoms in total. The minimum absolute atomic E-state index is 0.0354. The van der Waals surface area contributed by atoms with Gasteiger partial charge in [0.15, 0.2) is 5.78 Å². The van der Waals surface area contributed by atoms with Crippen molar-refractivity contribution in [2.45, 2.75) is 32.8 Å². The molecule has 2 aromatic carbocycles. The third-order valence-electron chi connectivity index (χ3n) is 4.36. The van der Waals surface area contributed by atoms with Crippen LogP contribution in [-0.2, 0) is 6.42 Å². The van der Waals surface area contributed by atoms with Gasteiger partial charge in [-0.2, -0.15) is 0 Å². The number of Topliss-reactive ketones (excluding diaryl/α,β-unsaturated/α-hetero) is 1. The van der Waals surface area contributed by atoms with Gasteiger partial charge in [0.1, 0.15) is 28.9 Å². The van der Waals surface area contributed by atoms with Crippen LogP contribution in [0.4, 0.5) is 0 Å². The minimum atomic E-state index is -0.353. The molecule has 0 aromatic heterocycles. The van der Waals surface area contributed by atoms with Crippen molar-refractivity contribution in [2.75, 3.05) is 7.11 Å². The van der Waals surface area contributed by atoms with Crippen LogP contribution in [0, 0.1) is 0 Å². The zero-order chi connectivity index (χ0) is 18.0. The first-order chi connectivity index (χ1) is 12.0. The molecule has 0 saturated carbocycles. The van der Waals surface area contributed by atoms with E-state index in [4.69, 9.17) is 9.47 Å². The van der Waals surface area contributed by atoms with Crippen molar-refractivity contribution in [2.24, 2.45) is 0 Å². The number of phenolic OH excluding ortho intramolecular Hbond substituents is 1. The molecule has 0 amide bonds. The second kappa shape index (κ2) is 7.01. The Morgan fingerprint density at radius 2 is 1.96 bits per heavy atom. The van der Waals surface area contributed by atoms with Gasteiger partial charge in [-0.3, -0.25) is 4.79 Å². The Kier molecular flexibility index (Phi) is 4.79. The summed E-state index contributed by atoms with van der Waals surface area (Å²) < 4.78 is 11.1.